The summed E-state index contributed by atoms with van der Waals surface area (Å²) < 4.78 is 11.0. The molecule has 1 aromatic carbocycles. The highest BCUT2D eigenvalue weighted by Crippen LogP contribution is 2.17. The molecule has 0 atom stereocenters. The Kier molecular flexibility index (Phi) is 5.59. The van der Waals surface area contributed by atoms with Crippen LogP contribution in [0.1, 0.15) is 36.5 Å². The van der Waals surface area contributed by atoms with Gasteiger partial charge >= 0.3 is 0 Å². The van der Waals surface area contributed by atoms with E-state index in [4.69, 9.17) is 9.26 Å². The molecule has 0 N–H and O–H groups in total. The molecule has 1 aliphatic rings. The molecule has 1 aliphatic heterocycles. The van der Waals surface area contributed by atoms with Crippen LogP contribution < -0.4 is 0 Å². The second kappa shape index (κ2) is 8.06. The first-order valence-corrected chi connectivity index (χ1v) is 8.43. The van der Waals surface area contributed by atoms with E-state index in [2.05, 4.69) is 22.3 Å². The lowest BCUT2D eigenvalue weighted by atomic mass is 10.1. The van der Waals surface area contributed by atoms with Gasteiger partial charge in [0.2, 0.25) is 11.8 Å². The zero-order valence-electron chi connectivity index (χ0n) is 14.0. The lowest BCUT2D eigenvalue weighted by Crippen LogP contribution is -2.40. The van der Waals surface area contributed by atoms with Crippen molar-refractivity contribution >= 4 is 5.91 Å². The minimum Gasteiger partial charge on any atom is -0.373 e. The standard InChI is InChI=1S/C18H23N3O3/c1-14-19-17(24-20-14)7-8-18(22)21-11-9-16(10-12-21)23-13-15-5-3-2-4-6-15/h2-6,16H,7-13H2,1H3. The molecule has 3 rings (SSSR count). The maximum Gasteiger partial charge on any atom is 0.227 e. The second-order valence-corrected chi connectivity index (χ2v) is 6.11. The van der Waals surface area contributed by atoms with E-state index in [1.807, 2.05) is 23.1 Å². The Morgan fingerprint density at radius 2 is 2.04 bits per heavy atom. The Hall–Kier alpha value is -2.21. The van der Waals surface area contributed by atoms with E-state index < -0.39 is 0 Å². The fraction of sp³-hybridized carbons (Fsp3) is 0.500. The van der Waals surface area contributed by atoms with Crippen molar-refractivity contribution in [2.75, 3.05) is 13.1 Å². The lowest BCUT2D eigenvalue weighted by Gasteiger charge is -2.32. The van der Waals surface area contributed by atoms with Gasteiger partial charge in [-0.15, -0.1) is 0 Å². The van der Waals surface area contributed by atoms with Crippen LogP contribution in [-0.2, 0) is 22.6 Å². The number of aromatic nitrogens is 2. The number of likely N-dealkylation sites (tertiary alicyclic amines) is 1. The molecular formula is C18H23N3O3. The van der Waals surface area contributed by atoms with Crippen molar-refractivity contribution in [2.45, 2.75) is 45.3 Å². The zero-order chi connectivity index (χ0) is 16.8. The quantitative estimate of drug-likeness (QED) is 0.814. The summed E-state index contributed by atoms with van der Waals surface area (Å²) in [6, 6.07) is 10.2. The van der Waals surface area contributed by atoms with Gasteiger partial charge in [0.1, 0.15) is 0 Å². The van der Waals surface area contributed by atoms with Gasteiger partial charge < -0.3 is 14.2 Å². The zero-order valence-corrected chi connectivity index (χ0v) is 14.0. The molecular weight excluding hydrogens is 306 g/mol. The van der Waals surface area contributed by atoms with E-state index in [1.165, 1.54) is 5.56 Å². The van der Waals surface area contributed by atoms with Crippen LogP contribution in [0.4, 0.5) is 0 Å². The van der Waals surface area contributed by atoms with Gasteiger partial charge in [-0.25, -0.2) is 0 Å². The number of aryl methyl sites for hydroxylation is 2. The number of carbonyl (C=O) groups excluding carboxylic acids is 1. The van der Waals surface area contributed by atoms with E-state index in [0.29, 0.717) is 31.2 Å². The number of hydrogen-bond acceptors (Lipinski definition) is 5. The summed E-state index contributed by atoms with van der Waals surface area (Å²) in [5.74, 6) is 1.28. The number of hydrogen-bond donors (Lipinski definition) is 0. The molecule has 0 saturated carbocycles. The van der Waals surface area contributed by atoms with Crippen LogP contribution in [-0.4, -0.2) is 40.1 Å². The number of ether oxygens (including phenoxy) is 1. The third-order valence-electron chi connectivity index (χ3n) is 4.25. The van der Waals surface area contributed by atoms with Crippen LogP contribution in [0, 0.1) is 6.92 Å². The van der Waals surface area contributed by atoms with Crippen LogP contribution in [0.25, 0.3) is 0 Å². The largest absolute Gasteiger partial charge is 0.373 e. The highest BCUT2D eigenvalue weighted by atomic mass is 16.5. The molecule has 1 aromatic heterocycles. The fourth-order valence-corrected chi connectivity index (χ4v) is 2.87. The Labute approximate surface area is 141 Å². The SMILES string of the molecule is Cc1noc(CCC(=O)N2CCC(OCc3ccccc3)CC2)n1. The molecule has 1 amide bonds. The van der Waals surface area contributed by atoms with E-state index in [-0.39, 0.29) is 12.0 Å². The summed E-state index contributed by atoms with van der Waals surface area (Å²) in [6.45, 7) is 3.91. The van der Waals surface area contributed by atoms with Crippen LogP contribution in [0.3, 0.4) is 0 Å². The van der Waals surface area contributed by atoms with Gasteiger partial charge in [0.15, 0.2) is 5.82 Å². The summed E-state index contributed by atoms with van der Waals surface area (Å²) in [4.78, 5) is 18.3. The number of amides is 1. The second-order valence-electron chi connectivity index (χ2n) is 6.11. The van der Waals surface area contributed by atoms with Gasteiger partial charge in [0.05, 0.1) is 12.7 Å². The normalized spacial score (nSPS) is 15.6. The van der Waals surface area contributed by atoms with E-state index in [9.17, 15) is 4.79 Å². The van der Waals surface area contributed by atoms with Crippen LogP contribution in [0.5, 0.6) is 0 Å². The van der Waals surface area contributed by atoms with E-state index in [1.54, 1.807) is 6.92 Å². The molecule has 0 aliphatic carbocycles. The molecule has 2 heterocycles. The summed E-state index contributed by atoms with van der Waals surface area (Å²) in [6.07, 6.45) is 2.92. The van der Waals surface area contributed by atoms with Crippen LogP contribution >= 0.6 is 0 Å². The van der Waals surface area contributed by atoms with Crippen LogP contribution in [0.2, 0.25) is 0 Å². The number of nitrogens with zero attached hydrogens (tertiary/aromatic N) is 3. The summed E-state index contributed by atoms with van der Waals surface area (Å²) in [7, 11) is 0. The third-order valence-corrected chi connectivity index (χ3v) is 4.25. The van der Waals surface area contributed by atoms with Crippen molar-refractivity contribution in [3.63, 3.8) is 0 Å². The summed E-state index contributed by atoms with van der Waals surface area (Å²) in [5.41, 5.74) is 1.19. The molecule has 128 valence electrons. The van der Waals surface area contributed by atoms with Crippen molar-refractivity contribution in [1.29, 1.82) is 0 Å². The van der Waals surface area contributed by atoms with E-state index in [0.717, 1.165) is 25.9 Å². The van der Waals surface area contributed by atoms with Crippen molar-refractivity contribution in [1.82, 2.24) is 15.0 Å². The first kappa shape index (κ1) is 16.6. The van der Waals surface area contributed by atoms with Gasteiger partial charge in [0.25, 0.3) is 0 Å². The first-order valence-electron chi connectivity index (χ1n) is 8.43. The topological polar surface area (TPSA) is 68.5 Å². The molecule has 0 unspecified atom stereocenters. The molecule has 2 aromatic rings. The van der Waals surface area contributed by atoms with Crippen molar-refractivity contribution < 1.29 is 14.1 Å². The number of benzene rings is 1. The van der Waals surface area contributed by atoms with Crippen LogP contribution in [0.15, 0.2) is 34.9 Å². The molecule has 0 radical (unpaired) electrons. The van der Waals surface area contributed by atoms with Gasteiger partial charge in [-0.05, 0) is 25.3 Å². The van der Waals surface area contributed by atoms with Crippen molar-refractivity contribution in [3.05, 3.63) is 47.6 Å². The first-order chi connectivity index (χ1) is 11.7. The Morgan fingerprint density at radius 3 is 2.71 bits per heavy atom. The Balaban J connectivity index is 1.37. The highest BCUT2D eigenvalue weighted by molar-refractivity contribution is 5.76. The monoisotopic (exact) mass is 329 g/mol. The van der Waals surface area contributed by atoms with Crippen molar-refractivity contribution in [3.8, 4) is 0 Å². The average Bonchev–Trinajstić information content (AvgIpc) is 3.04. The minimum atomic E-state index is 0.146. The molecule has 24 heavy (non-hydrogen) atoms. The molecule has 1 fully saturated rings. The van der Waals surface area contributed by atoms with E-state index >= 15 is 0 Å². The number of rotatable bonds is 6. The summed E-state index contributed by atoms with van der Waals surface area (Å²) in [5, 5.41) is 3.73. The maximum atomic E-state index is 12.3. The molecule has 0 bridgehead atoms. The summed E-state index contributed by atoms with van der Waals surface area (Å²) >= 11 is 0. The fourth-order valence-electron chi connectivity index (χ4n) is 2.87. The number of piperidine rings is 1. The molecule has 6 heteroatoms. The Morgan fingerprint density at radius 1 is 1.29 bits per heavy atom. The number of carbonyl (C=O) groups is 1. The smallest absolute Gasteiger partial charge is 0.227 e. The highest BCUT2D eigenvalue weighted by Gasteiger charge is 2.23. The van der Waals surface area contributed by atoms with Gasteiger partial charge in [-0.3, -0.25) is 4.79 Å². The molecule has 0 spiro atoms. The predicted molar refractivity (Wildman–Crippen MR) is 88.2 cm³/mol. The maximum absolute atomic E-state index is 12.3. The average molecular weight is 329 g/mol. The minimum absolute atomic E-state index is 0.146. The lowest BCUT2D eigenvalue weighted by molar-refractivity contribution is -0.134. The molecule has 1 saturated heterocycles. The van der Waals surface area contributed by atoms with Crippen molar-refractivity contribution in [2.24, 2.45) is 0 Å². The van der Waals surface area contributed by atoms with Gasteiger partial charge in [-0.1, -0.05) is 35.5 Å². The Bertz CT molecular complexity index is 649. The van der Waals surface area contributed by atoms with Gasteiger partial charge in [0, 0.05) is 25.9 Å². The molecule has 6 nitrogen and oxygen atoms in total. The predicted octanol–water partition coefficient (Wildman–Crippen LogP) is 2.52. The third kappa shape index (κ3) is 4.64. The van der Waals surface area contributed by atoms with Gasteiger partial charge in [-0.2, -0.15) is 4.98 Å².